The molecule has 1 aromatic heterocycles. The third-order valence-electron chi connectivity index (χ3n) is 1.72. The Labute approximate surface area is 84.3 Å². The molecule has 0 saturated carbocycles. The van der Waals surface area contributed by atoms with Gasteiger partial charge in [0.05, 0.1) is 10.4 Å². The molecule has 2 aromatic rings. The summed E-state index contributed by atoms with van der Waals surface area (Å²) in [5.41, 5.74) is 0.783. The van der Waals surface area contributed by atoms with Gasteiger partial charge in [-0.3, -0.25) is 10.1 Å². The van der Waals surface area contributed by atoms with Crippen molar-refractivity contribution < 1.29 is 10.1 Å². The van der Waals surface area contributed by atoms with Crippen molar-refractivity contribution in [1.82, 2.24) is 9.71 Å². The highest BCUT2D eigenvalue weighted by Gasteiger charge is 2.09. The molecule has 6 nitrogen and oxygen atoms in total. The normalized spacial score (nSPS) is 9.71. The van der Waals surface area contributed by atoms with Gasteiger partial charge in [-0.05, 0) is 6.07 Å². The molecule has 2 rings (SSSR count). The number of aromatic nitrogens is 2. The first kappa shape index (κ1) is 10.3. The van der Waals surface area contributed by atoms with Crippen molar-refractivity contribution in [3.8, 4) is 0 Å². The number of nitrogens with zero attached hydrogens (tertiary/aromatic N) is 3. The van der Waals surface area contributed by atoms with Gasteiger partial charge in [0, 0.05) is 12.1 Å². The molecule has 0 aliphatic carbocycles. The van der Waals surface area contributed by atoms with Crippen LogP contribution in [0.5, 0.6) is 0 Å². The highest BCUT2D eigenvalue weighted by atomic mass is 35.5. The van der Waals surface area contributed by atoms with Crippen LogP contribution in [0.3, 0.4) is 0 Å². The molecule has 0 fully saturated rings. The lowest BCUT2D eigenvalue weighted by atomic mass is 10.3. The van der Waals surface area contributed by atoms with Crippen LogP contribution in [0.15, 0.2) is 24.5 Å². The molecule has 0 saturated heterocycles. The number of hydrogen-bond acceptors (Lipinski definition) is 4. The quantitative estimate of drug-likeness (QED) is 0.445. The van der Waals surface area contributed by atoms with Crippen molar-refractivity contribution in [3.05, 3.63) is 34.6 Å². The van der Waals surface area contributed by atoms with Crippen molar-refractivity contribution in [1.29, 1.82) is 0 Å². The van der Waals surface area contributed by atoms with Crippen LogP contribution in [-0.2, 0) is 0 Å². The van der Waals surface area contributed by atoms with E-state index in [-0.39, 0.29) is 18.1 Å². The second kappa shape index (κ2) is 3.51. The maximum Gasteiger partial charge on any atom is 0.271 e. The first-order chi connectivity index (χ1) is 6.18. The molecule has 0 atom stereocenters. The van der Waals surface area contributed by atoms with E-state index >= 15 is 0 Å². The fourth-order valence-electron chi connectivity index (χ4n) is 1.10. The number of benzene rings is 1. The molecular formula is C7H6ClN3O3. The third-order valence-corrected chi connectivity index (χ3v) is 1.72. The van der Waals surface area contributed by atoms with Gasteiger partial charge < -0.3 is 5.21 Å². The summed E-state index contributed by atoms with van der Waals surface area (Å²) >= 11 is 0. The fourth-order valence-corrected chi connectivity index (χ4v) is 1.10. The Morgan fingerprint density at radius 3 is 2.86 bits per heavy atom. The summed E-state index contributed by atoms with van der Waals surface area (Å²) in [6, 6.07) is 4.10. The van der Waals surface area contributed by atoms with E-state index in [1.165, 1.54) is 24.5 Å². The smallest absolute Gasteiger partial charge is 0.271 e. The SMILES string of the molecule is Cl.O=[N+]([O-])c1ccc2ncn(O)c2c1. The van der Waals surface area contributed by atoms with Crippen LogP contribution >= 0.6 is 12.4 Å². The summed E-state index contributed by atoms with van der Waals surface area (Å²) in [7, 11) is 0. The summed E-state index contributed by atoms with van der Waals surface area (Å²) in [4.78, 5) is 13.7. The molecule has 7 heteroatoms. The number of non-ortho nitro benzene ring substituents is 1. The van der Waals surface area contributed by atoms with E-state index in [4.69, 9.17) is 5.21 Å². The van der Waals surface area contributed by atoms with E-state index < -0.39 is 4.92 Å². The lowest BCUT2D eigenvalue weighted by molar-refractivity contribution is -0.384. The maximum absolute atomic E-state index is 10.4. The number of nitro groups is 1. The van der Waals surface area contributed by atoms with E-state index in [9.17, 15) is 10.1 Å². The minimum absolute atomic E-state index is 0. The van der Waals surface area contributed by atoms with Gasteiger partial charge in [-0.1, -0.05) is 0 Å². The lowest BCUT2D eigenvalue weighted by Gasteiger charge is -1.92. The molecule has 0 radical (unpaired) electrons. The van der Waals surface area contributed by atoms with E-state index in [2.05, 4.69) is 4.98 Å². The molecule has 0 amide bonds. The second-order valence-corrected chi connectivity index (χ2v) is 2.52. The Morgan fingerprint density at radius 1 is 1.50 bits per heavy atom. The topological polar surface area (TPSA) is 81.2 Å². The summed E-state index contributed by atoms with van der Waals surface area (Å²) in [5.74, 6) is 0. The molecule has 1 heterocycles. The van der Waals surface area contributed by atoms with E-state index in [1.807, 2.05) is 0 Å². The molecule has 0 aliphatic heterocycles. The third kappa shape index (κ3) is 1.47. The van der Waals surface area contributed by atoms with Gasteiger partial charge in [0.25, 0.3) is 5.69 Å². The van der Waals surface area contributed by atoms with E-state index in [0.29, 0.717) is 11.0 Å². The largest absolute Gasteiger partial charge is 0.427 e. The first-order valence-corrected chi connectivity index (χ1v) is 3.49. The Balaban J connectivity index is 0.000000980. The Kier molecular flexibility index (Phi) is 2.57. The van der Waals surface area contributed by atoms with Crippen LogP contribution < -0.4 is 0 Å². The zero-order valence-corrected chi connectivity index (χ0v) is 7.64. The van der Waals surface area contributed by atoms with Gasteiger partial charge in [0.1, 0.15) is 11.8 Å². The van der Waals surface area contributed by atoms with E-state index in [0.717, 1.165) is 4.73 Å². The minimum Gasteiger partial charge on any atom is -0.427 e. The highest BCUT2D eigenvalue weighted by molar-refractivity contribution is 5.85. The number of nitro benzene ring substituents is 1. The monoisotopic (exact) mass is 215 g/mol. The van der Waals surface area contributed by atoms with Gasteiger partial charge in [-0.2, -0.15) is 4.73 Å². The highest BCUT2D eigenvalue weighted by Crippen LogP contribution is 2.18. The second-order valence-electron chi connectivity index (χ2n) is 2.52. The van der Waals surface area contributed by atoms with Gasteiger partial charge in [0.15, 0.2) is 0 Å². The van der Waals surface area contributed by atoms with Gasteiger partial charge in [-0.15, -0.1) is 12.4 Å². The summed E-state index contributed by atoms with van der Waals surface area (Å²) in [6.07, 6.45) is 1.19. The van der Waals surface area contributed by atoms with Crippen molar-refractivity contribution in [2.45, 2.75) is 0 Å². The first-order valence-electron chi connectivity index (χ1n) is 3.49. The molecule has 14 heavy (non-hydrogen) atoms. The number of halogens is 1. The molecule has 0 unspecified atom stereocenters. The minimum atomic E-state index is -0.521. The molecule has 74 valence electrons. The average Bonchev–Trinajstić information content (AvgIpc) is 2.47. The molecule has 0 bridgehead atoms. The lowest BCUT2D eigenvalue weighted by Crippen LogP contribution is -1.90. The molecule has 1 N–H and O–H groups in total. The van der Waals surface area contributed by atoms with Crippen molar-refractivity contribution >= 4 is 29.1 Å². The van der Waals surface area contributed by atoms with Crippen molar-refractivity contribution in [2.24, 2.45) is 0 Å². The van der Waals surface area contributed by atoms with E-state index in [1.54, 1.807) is 0 Å². The number of hydrogen-bond donors (Lipinski definition) is 1. The summed E-state index contributed by atoms with van der Waals surface area (Å²) in [5, 5.41) is 19.5. The molecule has 1 aromatic carbocycles. The van der Waals surface area contributed by atoms with Crippen LogP contribution in [0.1, 0.15) is 0 Å². The zero-order valence-electron chi connectivity index (χ0n) is 6.82. The van der Waals surface area contributed by atoms with Crippen LogP contribution in [0.2, 0.25) is 0 Å². The zero-order chi connectivity index (χ0) is 9.42. The average molecular weight is 216 g/mol. The summed E-state index contributed by atoms with van der Waals surface area (Å²) in [6.45, 7) is 0. The maximum atomic E-state index is 10.4. The van der Waals surface area contributed by atoms with Gasteiger partial charge in [0.2, 0.25) is 0 Å². The van der Waals surface area contributed by atoms with Crippen LogP contribution in [0.4, 0.5) is 5.69 Å². The van der Waals surface area contributed by atoms with Crippen LogP contribution in [0.25, 0.3) is 11.0 Å². The number of rotatable bonds is 1. The number of imidazole rings is 1. The van der Waals surface area contributed by atoms with Crippen LogP contribution in [0, 0.1) is 10.1 Å². The predicted molar refractivity (Wildman–Crippen MR) is 50.8 cm³/mol. The molecule has 0 aliphatic rings. The predicted octanol–water partition coefficient (Wildman–Crippen LogP) is 1.60. The fraction of sp³-hybridized carbons (Fsp3) is 0. The molecule has 0 spiro atoms. The Morgan fingerprint density at radius 2 is 2.21 bits per heavy atom. The van der Waals surface area contributed by atoms with Crippen LogP contribution in [-0.4, -0.2) is 19.8 Å². The Hall–Kier alpha value is -1.82. The van der Waals surface area contributed by atoms with Gasteiger partial charge >= 0.3 is 0 Å². The summed E-state index contributed by atoms with van der Waals surface area (Å²) < 4.78 is 0.752. The van der Waals surface area contributed by atoms with Crippen molar-refractivity contribution in [3.63, 3.8) is 0 Å². The van der Waals surface area contributed by atoms with Crippen molar-refractivity contribution in [2.75, 3.05) is 0 Å². The number of fused-ring (bicyclic) bond motifs is 1. The Bertz CT molecular complexity index is 482. The standard InChI is InChI=1S/C7H5N3O3.ClH/c11-9-4-8-6-2-1-5(10(12)13)3-7(6)9;/h1-4,11H;1H. The van der Waals surface area contributed by atoms with Gasteiger partial charge in [-0.25, -0.2) is 4.98 Å². The molecular weight excluding hydrogens is 210 g/mol.